The summed E-state index contributed by atoms with van der Waals surface area (Å²) in [4.78, 5) is 0. The second kappa shape index (κ2) is 6.82. The van der Waals surface area contributed by atoms with Gasteiger partial charge in [0.15, 0.2) is 0 Å². The van der Waals surface area contributed by atoms with Crippen molar-refractivity contribution in [3.63, 3.8) is 0 Å². The van der Waals surface area contributed by atoms with Crippen LogP contribution in [0.25, 0.3) is 5.70 Å². The lowest BCUT2D eigenvalue weighted by Crippen LogP contribution is -2.10. The molecule has 0 aliphatic heterocycles. The maximum absolute atomic E-state index is 13.0. The quantitative estimate of drug-likeness (QED) is 0.833. The highest BCUT2D eigenvalue weighted by atomic mass is 19.1. The van der Waals surface area contributed by atoms with Crippen LogP contribution in [-0.4, -0.2) is 4.57 Å². The van der Waals surface area contributed by atoms with Crippen molar-refractivity contribution in [1.29, 1.82) is 0 Å². The van der Waals surface area contributed by atoms with E-state index in [9.17, 15) is 4.39 Å². The van der Waals surface area contributed by atoms with Gasteiger partial charge in [0.05, 0.1) is 0 Å². The molecule has 0 bridgehead atoms. The van der Waals surface area contributed by atoms with Gasteiger partial charge in [-0.2, -0.15) is 0 Å². The van der Waals surface area contributed by atoms with Crippen molar-refractivity contribution in [2.45, 2.75) is 40.2 Å². The minimum atomic E-state index is -0.192. The lowest BCUT2D eigenvalue weighted by molar-refractivity contribution is 0.577. The average Bonchev–Trinajstić information content (AvgIpc) is 2.74. The second-order valence-electron chi connectivity index (χ2n) is 6.29. The fourth-order valence-electron chi connectivity index (χ4n) is 2.83. The van der Waals surface area contributed by atoms with Crippen LogP contribution < -0.4 is 5.73 Å². The van der Waals surface area contributed by atoms with Gasteiger partial charge >= 0.3 is 0 Å². The number of rotatable bonds is 6. The summed E-state index contributed by atoms with van der Waals surface area (Å²) >= 11 is 0. The number of hydrogen-bond donors (Lipinski definition) is 1. The Hall–Kier alpha value is -2.03. The Kier molecular flexibility index (Phi) is 5.07. The first-order valence-electron chi connectivity index (χ1n) is 7.76. The zero-order valence-electron chi connectivity index (χ0n) is 13.7. The van der Waals surface area contributed by atoms with Gasteiger partial charge in [-0.15, -0.1) is 0 Å². The van der Waals surface area contributed by atoms with Crippen LogP contribution in [0.4, 0.5) is 4.39 Å². The van der Waals surface area contributed by atoms with Crippen molar-refractivity contribution >= 4 is 5.70 Å². The Morgan fingerprint density at radius 2 is 1.95 bits per heavy atom. The highest BCUT2D eigenvalue weighted by Crippen LogP contribution is 2.22. The number of benzene rings is 1. The first-order valence-corrected chi connectivity index (χ1v) is 7.76. The Morgan fingerprint density at radius 3 is 2.50 bits per heavy atom. The summed E-state index contributed by atoms with van der Waals surface area (Å²) in [7, 11) is 0. The average molecular weight is 302 g/mol. The van der Waals surface area contributed by atoms with Gasteiger partial charge in [0.2, 0.25) is 0 Å². The minimum Gasteiger partial charge on any atom is -0.399 e. The van der Waals surface area contributed by atoms with Crippen molar-refractivity contribution in [1.82, 2.24) is 4.57 Å². The molecule has 0 aliphatic rings. The van der Waals surface area contributed by atoms with Crippen molar-refractivity contribution < 1.29 is 5.82 Å². The summed E-state index contributed by atoms with van der Waals surface area (Å²) in [5.74, 6) is 0.390. The standard InChI is InChI=1S/C19H25FN2.H2/c1-13(2)11-18-12-19(14(3)21)15(4)22(18)10-9-16-5-7-17(20)8-6-16;/h5-8,12-13H,3,9-11,21H2,1-2,4H3;1H. The van der Waals surface area contributed by atoms with E-state index in [-0.39, 0.29) is 7.24 Å². The van der Waals surface area contributed by atoms with E-state index in [1.54, 1.807) is 0 Å². The Bertz CT molecular complexity index is 657. The molecule has 22 heavy (non-hydrogen) atoms. The molecule has 0 aliphatic carbocycles. The molecule has 0 amide bonds. The maximum atomic E-state index is 13.0. The Labute approximate surface area is 133 Å². The first-order chi connectivity index (χ1) is 10.4. The van der Waals surface area contributed by atoms with E-state index < -0.39 is 0 Å². The van der Waals surface area contributed by atoms with E-state index >= 15 is 0 Å². The molecule has 0 radical (unpaired) electrons. The van der Waals surface area contributed by atoms with Crippen LogP contribution in [0.15, 0.2) is 36.9 Å². The van der Waals surface area contributed by atoms with Gasteiger partial charge in [-0.25, -0.2) is 4.39 Å². The molecule has 0 spiro atoms. The molecule has 3 heteroatoms. The zero-order chi connectivity index (χ0) is 16.3. The largest absolute Gasteiger partial charge is 0.399 e. The molecule has 0 saturated heterocycles. The molecule has 2 rings (SSSR count). The normalized spacial score (nSPS) is 11.1. The summed E-state index contributed by atoms with van der Waals surface area (Å²) < 4.78 is 15.3. The number of nitrogens with two attached hydrogens (primary N) is 1. The molecule has 1 aromatic heterocycles. The smallest absolute Gasteiger partial charge is 0.123 e. The lowest BCUT2D eigenvalue weighted by Gasteiger charge is -2.13. The lowest BCUT2D eigenvalue weighted by atomic mass is 10.1. The summed E-state index contributed by atoms with van der Waals surface area (Å²) in [6, 6.07) is 8.88. The molecule has 2 nitrogen and oxygen atoms in total. The number of aryl methyl sites for hydroxylation is 1. The molecule has 0 saturated carbocycles. The SMILES string of the molecule is C=C(N)c1cc(CC(C)C)n(CCc2ccc(F)cc2)c1C.[HH]. The van der Waals surface area contributed by atoms with Gasteiger partial charge in [-0.05, 0) is 49.4 Å². The molecular weight excluding hydrogens is 275 g/mol. The first kappa shape index (κ1) is 16.3. The van der Waals surface area contributed by atoms with E-state index in [0.29, 0.717) is 11.6 Å². The minimum absolute atomic E-state index is 0. The Morgan fingerprint density at radius 1 is 1.32 bits per heavy atom. The molecule has 0 unspecified atom stereocenters. The van der Waals surface area contributed by atoms with Gasteiger partial charge in [0.1, 0.15) is 5.82 Å². The highest BCUT2D eigenvalue weighted by molar-refractivity contribution is 5.63. The van der Waals surface area contributed by atoms with E-state index in [2.05, 4.69) is 38.0 Å². The van der Waals surface area contributed by atoms with Gasteiger partial charge in [0.25, 0.3) is 0 Å². The van der Waals surface area contributed by atoms with Crippen LogP contribution >= 0.6 is 0 Å². The number of nitrogens with zero attached hydrogens (tertiary/aromatic N) is 1. The van der Waals surface area contributed by atoms with Crippen LogP contribution in [0.3, 0.4) is 0 Å². The van der Waals surface area contributed by atoms with Gasteiger partial charge in [-0.3, -0.25) is 0 Å². The van der Waals surface area contributed by atoms with Crippen molar-refractivity contribution in [3.8, 4) is 0 Å². The van der Waals surface area contributed by atoms with Crippen LogP contribution in [-0.2, 0) is 19.4 Å². The summed E-state index contributed by atoms with van der Waals surface area (Å²) in [6.07, 6.45) is 1.88. The summed E-state index contributed by atoms with van der Waals surface area (Å²) in [5.41, 5.74) is 11.1. The van der Waals surface area contributed by atoms with E-state index in [4.69, 9.17) is 5.73 Å². The maximum Gasteiger partial charge on any atom is 0.123 e. The number of aromatic nitrogens is 1. The van der Waals surface area contributed by atoms with E-state index in [0.717, 1.165) is 36.2 Å². The predicted molar refractivity (Wildman–Crippen MR) is 93.2 cm³/mol. The summed E-state index contributed by atoms with van der Waals surface area (Å²) in [6.45, 7) is 11.2. The second-order valence-corrected chi connectivity index (χ2v) is 6.29. The van der Waals surface area contributed by atoms with Crippen LogP contribution in [0, 0.1) is 18.7 Å². The van der Waals surface area contributed by atoms with Crippen molar-refractivity contribution in [2.75, 3.05) is 0 Å². The van der Waals surface area contributed by atoms with E-state index in [1.165, 1.54) is 17.8 Å². The van der Waals surface area contributed by atoms with Crippen LogP contribution in [0.1, 0.15) is 37.8 Å². The van der Waals surface area contributed by atoms with Crippen molar-refractivity contribution in [3.05, 3.63) is 65.2 Å². The molecular formula is C19H27FN2. The molecule has 1 aromatic carbocycles. The molecule has 0 atom stereocenters. The molecule has 1 heterocycles. The monoisotopic (exact) mass is 302 g/mol. The third kappa shape index (κ3) is 3.79. The topological polar surface area (TPSA) is 30.9 Å². The van der Waals surface area contributed by atoms with Gasteiger partial charge in [0, 0.05) is 30.6 Å². The molecule has 120 valence electrons. The van der Waals surface area contributed by atoms with Gasteiger partial charge < -0.3 is 10.3 Å². The number of halogens is 1. The van der Waals surface area contributed by atoms with Crippen molar-refractivity contribution in [2.24, 2.45) is 11.7 Å². The molecule has 0 fully saturated rings. The number of hydrogen-bond acceptors (Lipinski definition) is 1. The van der Waals surface area contributed by atoms with Gasteiger partial charge in [-0.1, -0.05) is 32.6 Å². The third-order valence-electron chi connectivity index (χ3n) is 3.95. The van der Waals surface area contributed by atoms with Crippen LogP contribution in [0.2, 0.25) is 0 Å². The Balaban J connectivity index is 0.00000264. The zero-order valence-corrected chi connectivity index (χ0v) is 13.7. The van der Waals surface area contributed by atoms with E-state index in [1.807, 2.05) is 12.1 Å². The molecule has 2 N–H and O–H groups in total. The fraction of sp³-hybridized carbons (Fsp3) is 0.368. The van der Waals surface area contributed by atoms with Crippen LogP contribution in [0.5, 0.6) is 0 Å². The summed E-state index contributed by atoms with van der Waals surface area (Å²) in [5, 5.41) is 0. The molecule has 2 aromatic rings. The highest BCUT2D eigenvalue weighted by Gasteiger charge is 2.13. The predicted octanol–water partition coefficient (Wildman–Crippen LogP) is 4.55. The fourth-order valence-corrected chi connectivity index (χ4v) is 2.83. The third-order valence-corrected chi connectivity index (χ3v) is 3.95.